The minimum atomic E-state index is -0.555. The van der Waals surface area contributed by atoms with E-state index < -0.39 is 5.38 Å². The number of hydrogen-bond donors (Lipinski definition) is 1. The lowest BCUT2D eigenvalue weighted by molar-refractivity contribution is -0.115. The average Bonchev–Trinajstić information content (AvgIpc) is 2.39. The topological polar surface area (TPSA) is 32.3 Å². The Morgan fingerprint density at radius 3 is 2.58 bits per heavy atom. The molecule has 1 aromatic rings. The number of carbonyl (C=O) groups excluding carboxylic acids is 1. The summed E-state index contributed by atoms with van der Waals surface area (Å²) in [7, 11) is 0. The number of benzene rings is 1. The van der Waals surface area contributed by atoms with Crippen LogP contribution in [0.25, 0.3) is 0 Å². The molecule has 0 spiro atoms. The van der Waals surface area contributed by atoms with Gasteiger partial charge in [0.25, 0.3) is 0 Å². The van der Waals surface area contributed by atoms with Gasteiger partial charge in [0.1, 0.15) is 5.38 Å². The molecule has 19 heavy (non-hydrogen) atoms. The highest BCUT2D eigenvalue weighted by atomic mass is 35.5. The molecule has 1 aliphatic heterocycles. The molecule has 1 amide bonds. The number of anilines is 2. The summed E-state index contributed by atoms with van der Waals surface area (Å²) in [5.74, 6) is -0.219. The summed E-state index contributed by atoms with van der Waals surface area (Å²) < 4.78 is 0. The van der Waals surface area contributed by atoms with Crippen molar-refractivity contribution >= 4 is 40.5 Å². The highest BCUT2D eigenvalue weighted by Crippen LogP contribution is 2.30. The minimum absolute atomic E-state index is 0.219. The Morgan fingerprint density at radius 2 is 2.00 bits per heavy atom. The minimum Gasteiger partial charge on any atom is -0.370 e. The van der Waals surface area contributed by atoms with Gasteiger partial charge in [-0.25, -0.2) is 0 Å². The lowest BCUT2D eigenvalue weighted by Crippen LogP contribution is -2.29. The Balaban J connectivity index is 2.10. The second-order valence-corrected chi connectivity index (χ2v) is 5.88. The van der Waals surface area contributed by atoms with Crippen molar-refractivity contribution in [3.8, 4) is 0 Å². The van der Waals surface area contributed by atoms with Crippen molar-refractivity contribution in [1.82, 2.24) is 0 Å². The first-order valence-electron chi connectivity index (χ1n) is 6.57. The van der Waals surface area contributed by atoms with E-state index in [1.54, 1.807) is 13.0 Å². The molecule has 3 nitrogen and oxygen atoms in total. The predicted octanol–water partition coefficient (Wildman–Crippen LogP) is 3.90. The number of halogens is 2. The highest BCUT2D eigenvalue weighted by molar-refractivity contribution is 6.34. The van der Waals surface area contributed by atoms with Gasteiger partial charge in [0, 0.05) is 18.8 Å². The van der Waals surface area contributed by atoms with Crippen molar-refractivity contribution in [1.29, 1.82) is 0 Å². The SMILES string of the molecule is CC(Cl)C(=O)Nc1ccc(N2CCCCC2)c(Cl)c1. The van der Waals surface area contributed by atoms with Crippen LogP contribution >= 0.6 is 23.2 Å². The maximum absolute atomic E-state index is 11.5. The van der Waals surface area contributed by atoms with E-state index in [1.165, 1.54) is 19.3 Å². The summed E-state index contributed by atoms with van der Waals surface area (Å²) in [5.41, 5.74) is 1.72. The Labute approximate surface area is 123 Å². The molecule has 0 radical (unpaired) electrons. The van der Waals surface area contributed by atoms with Gasteiger partial charge in [-0.3, -0.25) is 4.79 Å². The largest absolute Gasteiger partial charge is 0.370 e. The summed E-state index contributed by atoms with van der Waals surface area (Å²) in [6.45, 7) is 3.73. The number of nitrogens with one attached hydrogen (secondary N) is 1. The molecule has 0 saturated carbocycles. The van der Waals surface area contributed by atoms with Crippen LogP contribution in [0.5, 0.6) is 0 Å². The number of rotatable bonds is 3. The zero-order valence-electron chi connectivity index (χ0n) is 11.0. The molecule has 2 rings (SSSR count). The van der Waals surface area contributed by atoms with Crippen molar-refractivity contribution in [3.63, 3.8) is 0 Å². The van der Waals surface area contributed by atoms with E-state index in [4.69, 9.17) is 23.2 Å². The number of alkyl halides is 1. The Hall–Kier alpha value is -0.930. The van der Waals surface area contributed by atoms with Crippen LogP contribution in [0.2, 0.25) is 5.02 Å². The summed E-state index contributed by atoms with van der Waals surface area (Å²) >= 11 is 12.0. The van der Waals surface area contributed by atoms with Gasteiger partial charge in [0.15, 0.2) is 0 Å². The molecule has 104 valence electrons. The van der Waals surface area contributed by atoms with E-state index in [2.05, 4.69) is 10.2 Å². The van der Waals surface area contributed by atoms with Crippen LogP contribution in [-0.4, -0.2) is 24.4 Å². The van der Waals surface area contributed by atoms with Crippen molar-refractivity contribution < 1.29 is 4.79 Å². The fourth-order valence-corrected chi connectivity index (χ4v) is 2.57. The molecule has 5 heteroatoms. The van der Waals surface area contributed by atoms with Crippen LogP contribution in [0.3, 0.4) is 0 Å². The molecule has 1 N–H and O–H groups in total. The molecule has 0 aliphatic carbocycles. The van der Waals surface area contributed by atoms with Crippen LogP contribution in [0.15, 0.2) is 18.2 Å². The van der Waals surface area contributed by atoms with Crippen LogP contribution in [0.1, 0.15) is 26.2 Å². The van der Waals surface area contributed by atoms with E-state index in [-0.39, 0.29) is 5.91 Å². The lowest BCUT2D eigenvalue weighted by atomic mass is 10.1. The number of hydrogen-bond acceptors (Lipinski definition) is 2. The fourth-order valence-electron chi connectivity index (χ4n) is 2.22. The molecule has 1 aliphatic rings. The Morgan fingerprint density at radius 1 is 1.32 bits per heavy atom. The molecule has 0 aromatic heterocycles. The van der Waals surface area contributed by atoms with E-state index in [0.717, 1.165) is 18.8 Å². The molecule has 1 heterocycles. The maximum atomic E-state index is 11.5. The van der Waals surface area contributed by atoms with Crippen molar-refractivity contribution in [3.05, 3.63) is 23.2 Å². The first-order valence-corrected chi connectivity index (χ1v) is 7.39. The summed E-state index contributed by atoms with van der Waals surface area (Å²) in [6.07, 6.45) is 3.70. The third-order valence-electron chi connectivity index (χ3n) is 3.27. The van der Waals surface area contributed by atoms with Crippen LogP contribution in [-0.2, 0) is 4.79 Å². The zero-order valence-corrected chi connectivity index (χ0v) is 12.5. The van der Waals surface area contributed by atoms with Gasteiger partial charge in [0.2, 0.25) is 5.91 Å². The van der Waals surface area contributed by atoms with Gasteiger partial charge < -0.3 is 10.2 Å². The van der Waals surface area contributed by atoms with Gasteiger partial charge in [-0.2, -0.15) is 0 Å². The van der Waals surface area contributed by atoms with Gasteiger partial charge in [-0.1, -0.05) is 11.6 Å². The van der Waals surface area contributed by atoms with E-state index in [0.29, 0.717) is 10.7 Å². The molecule has 1 fully saturated rings. The van der Waals surface area contributed by atoms with Gasteiger partial charge in [-0.15, -0.1) is 11.6 Å². The first kappa shape index (κ1) is 14.5. The third-order valence-corrected chi connectivity index (χ3v) is 3.77. The van der Waals surface area contributed by atoms with E-state index in [9.17, 15) is 4.79 Å². The van der Waals surface area contributed by atoms with Crippen LogP contribution in [0, 0.1) is 0 Å². The van der Waals surface area contributed by atoms with Crippen molar-refractivity contribution in [2.75, 3.05) is 23.3 Å². The second kappa shape index (κ2) is 6.49. The maximum Gasteiger partial charge on any atom is 0.242 e. The molecular formula is C14H18Cl2N2O. The smallest absolute Gasteiger partial charge is 0.242 e. The molecule has 1 atom stereocenters. The third kappa shape index (κ3) is 3.77. The zero-order chi connectivity index (χ0) is 13.8. The van der Waals surface area contributed by atoms with Gasteiger partial charge in [0.05, 0.1) is 10.7 Å². The van der Waals surface area contributed by atoms with Crippen LogP contribution in [0.4, 0.5) is 11.4 Å². The standard InChI is InChI=1S/C14H18Cl2N2O/c1-10(15)14(19)17-11-5-6-13(12(16)9-11)18-7-3-2-4-8-18/h5-6,9-10H,2-4,7-8H2,1H3,(H,17,19). The molecule has 0 bridgehead atoms. The lowest BCUT2D eigenvalue weighted by Gasteiger charge is -2.29. The molecular weight excluding hydrogens is 283 g/mol. The normalized spacial score (nSPS) is 17.1. The predicted molar refractivity (Wildman–Crippen MR) is 81.5 cm³/mol. The number of amides is 1. The fraction of sp³-hybridized carbons (Fsp3) is 0.500. The average molecular weight is 301 g/mol. The number of nitrogens with zero attached hydrogens (tertiary/aromatic N) is 1. The number of carbonyl (C=O) groups is 1. The Bertz CT molecular complexity index is 457. The molecule has 1 unspecified atom stereocenters. The van der Waals surface area contributed by atoms with Gasteiger partial charge in [-0.05, 0) is 44.4 Å². The van der Waals surface area contributed by atoms with E-state index >= 15 is 0 Å². The second-order valence-electron chi connectivity index (χ2n) is 4.82. The summed E-state index contributed by atoms with van der Waals surface area (Å²) in [5, 5.41) is 2.85. The Kier molecular flexibility index (Phi) is 4.94. The first-order chi connectivity index (χ1) is 9.08. The van der Waals surface area contributed by atoms with Crippen molar-refractivity contribution in [2.45, 2.75) is 31.6 Å². The van der Waals surface area contributed by atoms with Crippen LogP contribution < -0.4 is 10.2 Å². The molecule has 1 saturated heterocycles. The molecule has 1 aromatic carbocycles. The summed E-state index contributed by atoms with van der Waals surface area (Å²) in [6, 6.07) is 5.61. The number of piperidine rings is 1. The summed E-state index contributed by atoms with van der Waals surface area (Å²) in [4.78, 5) is 13.8. The quantitative estimate of drug-likeness (QED) is 0.859. The van der Waals surface area contributed by atoms with Crippen molar-refractivity contribution in [2.24, 2.45) is 0 Å². The highest BCUT2D eigenvalue weighted by Gasteiger charge is 2.15. The van der Waals surface area contributed by atoms with Gasteiger partial charge >= 0.3 is 0 Å². The van der Waals surface area contributed by atoms with E-state index in [1.807, 2.05) is 12.1 Å². The monoisotopic (exact) mass is 300 g/mol.